The Morgan fingerprint density at radius 3 is 2.96 bits per heavy atom. The number of carbonyl (C=O) groups is 1. The molecule has 2 N–H and O–H groups in total. The number of carbonyl (C=O) groups excluding carboxylic acids is 1. The molecule has 2 amide bonds. The van der Waals surface area contributed by atoms with E-state index in [-0.39, 0.29) is 6.03 Å². The quantitative estimate of drug-likeness (QED) is 0.864. The molecule has 0 spiro atoms. The summed E-state index contributed by atoms with van der Waals surface area (Å²) in [6, 6.07) is 9.84. The van der Waals surface area contributed by atoms with Crippen LogP contribution in [0.1, 0.15) is 32.4 Å². The smallest absolute Gasteiger partial charge is 0.319 e. The summed E-state index contributed by atoms with van der Waals surface area (Å²) in [7, 11) is 0. The van der Waals surface area contributed by atoms with Crippen molar-refractivity contribution in [2.24, 2.45) is 5.92 Å². The molecule has 0 saturated carbocycles. The molecular weight excluding hydrogens is 326 g/mol. The Kier molecular flexibility index (Phi) is 5.93. The number of nitrogens with zero attached hydrogens (tertiary/aromatic N) is 3. The Morgan fingerprint density at radius 2 is 2.23 bits per heavy atom. The van der Waals surface area contributed by atoms with E-state index >= 15 is 0 Å². The lowest BCUT2D eigenvalue weighted by Crippen LogP contribution is -2.47. The van der Waals surface area contributed by atoms with Crippen molar-refractivity contribution in [3.05, 3.63) is 42.2 Å². The lowest BCUT2D eigenvalue weighted by Gasteiger charge is -2.35. The predicted octanol–water partition coefficient (Wildman–Crippen LogP) is 3.42. The van der Waals surface area contributed by atoms with Gasteiger partial charge in [-0.05, 0) is 63.4 Å². The maximum absolute atomic E-state index is 12.3. The SMILES string of the molecule is Cc1ccnn1-c1cccc(NC(=O)NCC(C)N2CCCC(C)C2)c1. The van der Waals surface area contributed by atoms with Gasteiger partial charge in [0.05, 0.1) is 5.69 Å². The number of benzene rings is 1. The van der Waals surface area contributed by atoms with Gasteiger partial charge in [-0.25, -0.2) is 9.48 Å². The number of hydrogen-bond donors (Lipinski definition) is 2. The molecule has 1 aliphatic heterocycles. The molecule has 1 saturated heterocycles. The zero-order valence-electron chi connectivity index (χ0n) is 15.9. The fourth-order valence-corrected chi connectivity index (χ4v) is 3.53. The van der Waals surface area contributed by atoms with Crippen LogP contribution in [-0.2, 0) is 0 Å². The molecule has 1 aromatic heterocycles. The van der Waals surface area contributed by atoms with Gasteiger partial charge in [0.25, 0.3) is 0 Å². The summed E-state index contributed by atoms with van der Waals surface area (Å²) < 4.78 is 1.85. The Hall–Kier alpha value is -2.34. The highest BCUT2D eigenvalue weighted by Crippen LogP contribution is 2.18. The van der Waals surface area contributed by atoms with Crippen LogP contribution in [0.3, 0.4) is 0 Å². The van der Waals surface area contributed by atoms with Crippen LogP contribution in [-0.4, -0.2) is 46.4 Å². The number of rotatable bonds is 5. The van der Waals surface area contributed by atoms with Crippen molar-refractivity contribution in [3.8, 4) is 5.69 Å². The molecule has 2 unspecified atom stereocenters. The summed E-state index contributed by atoms with van der Waals surface area (Å²) in [5.41, 5.74) is 2.74. The highest BCUT2D eigenvalue weighted by Gasteiger charge is 2.21. The normalized spacial score (nSPS) is 19.1. The van der Waals surface area contributed by atoms with Gasteiger partial charge >= 0.3 is 6.03 Å². The third-order valence-corrected chi connectivity index (χ3v) is 5.05. The average Bonchev–Trinajstić information content (AvgIpc) is 3.06. The lowest BCUT2D eigenvalue weighted by molar-refractivity contribution is 0.138. The minimum atomic E-state index is -0.170. The van der Waals surface area contributed by atoms with Gasteiger partial charge in [0, 0.05) is 36.7 Å². The minimum Gasteiger partial charge on any atom is -0.336 e. The third kappa shape index (κ3) is 4.64. The summed E-state index contributed by atoms with van der Waals surface area (Å²) in [5.74, 6) is 0.744. The fourth-order valence-electron chi connectivity index (χ4n) is 3.53. The first kappa shape index (κ1) is 18.5. The number of amides is 2. The summed E-state index contributed by atoms with van der Waals surface area (Å²) in [4.78, 5) is 14.7. The van der Waals surface area contributed by atoms with Gasteiger partial charge < -0.3 is 10.6 Å². The van der Waals surface area contributed by atoms with Crippen LogP contribution in [0.2, 0.25) is 0 Å². The molecule has 6 heteroatoms. The number of aromatic nitrogens is 2. The zero-order chi connectivity index (χ0) is 18.5. The number of hydrogen-bond acceptors (Lipinski definition) is 3. The Labute approximate surface area is 155 Å². The molecule has 2 atom stereocenters. The van der Waals surface area contributed by atoms with E-state index in [9.17, 15) is 4.79 Å². The van der Waals surface area contributed by atoms with Crippen molar-refractivity contribution in [1.29, 1.82) is 0 Å². The number of aryl methyl sites for hydroxylation is 1. The van der Waals surface area contributed by atoms with E-state index in [0.717, 1.165) is 36.1 Å². The second kappa shape index (κ2) is 8.36. The van der Waals surface area contributed by atoms with Crippen LogP contribution in [0.25, 0.3) is 5.69 Å². The number of nitrogens with one attached hydrogen (secondary N) is 2. The maximum atomic E-state index is 12.3. The van der Waals surface area contributed by atoms with Gasteiger partial charge in [-0.1, -0.05) is 13.0 Å². The summed E-state index contributed by atoms with van der Waals surface area (Å²) in [6.45, 7) is 9.38. The first-order chi connectivity index (χ1) is 12.5. The molecule has 26 heavy (non-hydrogen) atoms. The molecule has 140 valence electrons. The fraction of sp³-hybridized carbons (Fsp3) is 0.500. The molecule has 2 aromatic rings. The van der Waals surface area contributed by atoms with Crippen LogP contribution in [0.15, 0.2) is 36.5 Å². The molecule has 2 heterocycles. The largest absolute Gasteiger partial charge is 0.336 e. The number of urea groups is 1. The van der Waals surface area contributed by atoms with Crippen molar-refractivity contribution in [2.75, 3.05) is 25.0 Å². The van der Waals surface area contributed by atoms with E-state index in [1.807, 2.05) is 41.9 Å². The second-order valence-corrected chi connectivity index (χ2v) is 7.36. The average molecular weight is 355 g/mol. The van der Waals surface area contributed by atoms with Gasteiger partial charge in [-0.2, -0.15) is 5.10 Å². The predicted molar refractivity (Wildman–Crippen MR) is 105 cm³/mol. The van der Waals surface area contributed by atoms with Gasteiger partial charge in [0.1, 0.15) is 0 Å². The van der Waals surface area contributed by atoms with Crippen molar-refractivity contribution in [3.63, 3.8) is 0 Å². The van der Waals surface area contributed by atoms with Crippen LogP contribution < -0.4 is 10.6 Å². The standard InChI is InChI=1S/C20H29N5O/c1-15-6-5-11-24(14-15)17(3)13-21-20(26)23-18-7-4-8-19(12-18)25-16(2)9-10-22-25/h4,7-10,12,15,17H,5-6,11,13-14H2,1-3H3,(H2,21,23,26). The van der Waals surface area contributed by atoms with E-state index < -0.39 is 0 Å². The molecule has 0 aliphatic carbocycles. The Balaban J connectivity index is 1.53. The van der Waals surface area contributed by atoms with E-state index in [0.29, 0.717) is 12.6 Å². The number of anilines is 1. The van der Waals surface area contributed by atoms with E-state index in [1.54, 1.807) is 6.20 Å². The van der Waals surface area contributed by atoms with Gasteiger partial charge in [0.15, 0.2) is 0 Å². The molecule has 0 radical (unpaired) electrons. The van der Waals surface area contributed by atoms with E-state index in [1.165, 1.54) is 12.8 Å². The molecule has 0 bridgehead atoms. The van der Waals surface area contributed by atoms with Crippen molar-refractivity contribution >= 4 is 11.7 Å². The van der Waals surface area contributed by atoms with Crippen LogP contribution in [0.4, 0.5) is 10.5 Å². The zero-order valence-corrected chi connectivity index (χ0v) is 15.9. The molecular formula is C20H29N5O. The Bertz CT molecular complexity index is 741. The first-order valence-electron chi connectivity index (χ1n) is 9.43. The van der Waals surface area contributed by atoms with Crippen LogP contribution in [0, 0.1) is 12.8 Å². The van der Waals surface area contributed by atoms with Crippen molar-refractivity contribution < 1.29 is 4.79 Å². The minimum absolute atomic E-state index is 0.170. The number of piperidine rings is 1. The lowest BCUT2D eigenvalue weighted by atomic mass is 9.99. The molecule has 1 fully saturated rings. The highest BCUT2D eigenvalue weighted by atomic mass is 16.2. The monoisotopic (exact) mass is 355 g/mol. The first-order valence-corrected chi connectivity index (χ1v) is 9.43. The molecule has 6 nitrogen and oxygen atoms in total. The molecule has 1 aromatic carbocycles. The van der Waals surface area contributed by atoms with Crippen LogP contribution in [0.5, 0.6) is 0 Å². The Morgan fingerprint density at radius 1 is 1.38 bits per heavy atom. The summed E-state index contributed by atoms with van der Waals surface area (Å²) in [6.07, 6.45) is 4.32. The van der Waals surface area contributed by atoms with Gasteiger partial charge in [-0.3, -0.25) is 4.90 Å². The van der Waals surface area contributed by atoms with Crippen LogP contribution >= 0.6 is 0 Å². The number of likely N-dealkylation sites (tertiary alicyclic amines) is 1. The van der Waals surface area contributed by atoms with Crippen molar-refractivity contribution in [2.45, 2.75) is 39.7 Å². The summed E-state index contributed by atoms with van der Waals surface area (Å²) >= 11 is 0. The molecule has 3 rings (SSSR count). The maximum Gasteiger partial charge on any atom is 0.319 e. The van der Waals surface area contributed by atoms with Gasteiger partial charge in [-0.15, -0.1) is 0 Å². The summed E-state index contributed by atoms with van der Waals surface area (Å²) in [5, 5.41) is 10.2. The second-order valence-electron chi connectivity index (χ2n) is 7.36. The van der Waals surface area contributed by atoms with E-state index in [4.69, 9.17) is 0 Å². The third-order valence-electron chi connectivity index (χ3n) is 5.05. The molecule has 1 aliphatic rings. The van der Waals surface area contributed by atoms with Gasteiger partial charge in [0.2, 0.25) is 0 Å². The van der Waals surface area contributed by atoms with Crippen molar-refractivity contribution in [1.82, 2.24) is 20.0 Å². The van der Waals surface area contributed by atoms with E-state index in [2.05, 4.69) is 34.5 Å². The topological polar surface area (TPSA) is 62.2 Å². The highest BCUT2D eigenvalue weighted by molar-refractivity contribution is 5.89.